The van der Waals surface area contributed by atoms with Crippen LogP contribution in [0.4, 0.5) is 19.2 Å². The summed E-state index contributed by atoms with van der Waals surface area (Å²) in [6.45, 7) is 1.46. The van der Waals surface area contributed by atoms with Crippen molar-refractivity contribution in [2.45, 2.75) is 25.3 Å². The molecule has 1 aliphatic heterocycles. The summed E-state index contributed by atoms with van der Waals surface area (Å²) in [5.74, 6) is 0.255. The first-order chi connectivity index (χ1) is 13.0. The molecule has 0 aliphatic carbocycles. The molecule has 2 heterocycles. The number of ether oxygens (including phenoxy) is 2. The third-order valence-corrected chi connectivity index (χ3v) is 4.36. The van der Waals surface area contributed by atoms with Gasteiger partial charge in [0.15, 0.2) is 5.58 Å². The number of nitrogens with zero attached hydrogens (tertiary/aromatic N) is 2. The SMILES string of the molecule is FC(F)(F)Oc1ccc(OC2CCN(c3nc4ccccc4o3)CC2)cc1. The summed E-state index contributed by atoms with van der Waals surface area (Å²) in [6, 6.07) is 13.7. The Morgan fingerprint density at radius 1 is 0.963 bits per heavy atom. The minimum Gasteiger partial charge on any atom is -0.490 e. The van der Waals surface area contributed by atoms with Gasteiger partial charge in [0.2, 0.25) is 0 Å². The van der Waals surface area contributed by atoms with E-state index < -0.39 is 6.36 Å². The summed E-state index contributed by atoms with van der Waals surface area (Å²) in [7, 11) is 0. The topological polar surface area (TPSA) is 47.7 Å². The zero-order valence-corrected chi connectivity index (χ0v) is 14.3. The van der Waals surface area contributed by atoms with Gasteiger partial charge < -0.3 is 18.8 Å². The van der Waals surface area contributed by atoms with Gasteiger partial charge >= 0.3 is 6.36 Å². The van der Waals surface area contributed by atoms with Crippen LogP contribution in [0.25, 0.3) is 11.1 Å². The molecule has 27 heavy (non-hydrogen) atoms. The van der Waals surface area contributed by atoms with Crippen molar-refractivity contribution in [3.8, 4) is 11.5 Å². The van der Waals surface area contributed by atoms with Gasteiger partial charge in [-0.15, -0.1) is 13.2 Å². The van der Waals surface area contributed by atoms with Crippen molar-refractivity contribution in [3.63, 3.8) is 0 Å². The summed E-state index contributed by atoms with van der Waals surface area (Å²) in [5.41, 5.74) is 1.58. The molecule has 5 nitrogen and oxygen atoms in total. The van der Waals surface area contributed by atoms with Crippen LogP contribution in [0, 0.1) is 0 Å². The predicted molar refractivity (Wildman–Crippen MR) is 93.0 cm³/mol. The van der Waals surface area contributed by atoms with Gasteiger partial charge in [-0.3, -0.25) is 0 Å². The van der Waals surface area contributed by atoms with Crippen molar-refractivity contribution in [2.24, 2.45) is 0 Å². The maximum Gasteiger partial charge on any atom is 0.573 e. The highest BCUT2D eigenvalue weighted by atomic mass is 19.4. The van der Waals surface area contributed by atoms with Crippen molar-refractivity contribution in [2.75, 3.05) is 18.0 Å². The number of aromatic nitrogens is 1. The molecule has 0 saturated carbocycles. The van der Waals surface area contributed by atoms with Crippen molar-refractivity contribution < 1.29 is 27.1 Å². The number of halogens is 3. The average Bonchev–Trinajstić information content (AvgIpc) is 3.07. The summed E-state index contributed by atoms with van der Waals surface area (Å²) >= 11 is 0. The van der Waals surface area contributed by atoms with E-state index in [2.05, 4.69) is 14.6 Å². The first-order valence-corrected chi connectivity index (χ1v) is 8.59. The maximum atomic E-state index is 12.2. The first kappa shape index (κ1) is 17.5. The van der Waals surface area contributed by atoms with Crippen LogP contribution in [0.2, 0.25) is 0 Å². The van der Waals surface area contributed by atoms with E-state index in [1.54, 1.807) is 0 Å². The van der Waals surface area contributed by atoms with Gasteiger partial charge in [0.1, 0.15) is 23.1 Å². The Hall–Kier alpha value is -2.90. The molecule has 2 aromatic carbocycles. The third kappa shape index (κ3) is 4.27. The molecule has 0 amide bonds. The molecule has 0 atom stereocenters. The van der Waals surface area contributed by atoms with E-state index >= 15 is 0 Å². The van der Waals surface area contributed by atoms with Gasteiger partial charge in [-0.2, -0.15) is 4.98 Å². The van der Waals surface area contributed by atoms with Crippen LogP contribution in [0.15, 0.2) is 52.9 Å². The molecule has 0 bridgehead atoms. The number of rotatable bonds is 4. The van der Waals surface area contributed by atoms with Crippen LogP contribution in [-0.4, -0.2) is 30.5 Å². The molecule has 0 spiro atoms. The van der Waals surface area contributed by atoms with Crippen LogP contribution >= 0.6 is 0 Å². The first-order valence-electron chi connectivity index (χ1n) is 8.59. The minimum atomic E-state index is -4.69. The lowest BCUT2D eigenvalue weighted by atomic mass is 10.1. The highest BCUT2D eigenvalue weighted by molar-refractivity contribution is 5.74. The van der Waals surface area contributed by atoms with Gasteiger partial charge in [-0.1, -0.05) is 12.1 Å². The van der Waals surface area contributed by atoms with Crippen molar-refractivity contribution >= 4 is 17.1 Å². The lowest BCUT2D eigenvalue weighted by Gasteiger charge is -2.31. The number of anilines is 1. The van der Waals surface area contributed by atoms with Gasteiger partial charge in [0, 0.05) is 25.9 Å². The molecule has 0 unspecified atom stereocenters. The molecule has 0 radical (unpaired) electrons. The van der Waals surface area contributed by atoms with Crippen LogP contribution in [0.1, 0.15) is 12.8 Å². The Balaban J connectivity index is 1.32. The molecule has 1 aliphatic rings. The lowest BCUT2D eigenvalue weighted by molar-refractivity contribution is -0.274. The number of piperidine rings is 1. The fraction of sp³-hybridized carbons (Fsp3) is 0.316. The molecule has 1 aromatic heterocycles. The highest BCUT2D eigenvalue weighted by Crippen LogP contribution is 2.28. The molecule has 3 aromatic rings. The predicted octanol–water partition coefficient (Wildman–Crippen LogP) is 4.77. The van der Waals surface area contributed by atoms with E-state index in [0.29, 0.717) is 11.8 Å². The smallest absolute Gasteiger partial charge is 0.490 e. The van der Waals surface area contributed by atoms with Gasteiger partial charge in [-0.25, -0.2) is 0 Å². The summed E-state index contributed by atoms with van der Waals surface area (Å²) < 4.78 is 52.1. The molecular formula is C19H17F3N2O3. The van der Waals surface area contributed by atoms with E-state index in [0.717, 1.165) is 37.0 Å². The Morgan fingerprint density at radius 2 is 1.63 bits per heavy atom. The van der Waals surface area contributed by atoms with Crippen LogP contribution in [0.5, 0.6) is 11.5 Å². The Kier molecular flexibility index (Phi) is 4.55. The van der Waals surface area contributed by atoms with Crippen molar-refractivity contribution in [1.29, 1.82) is 0 Å². The Bertz CT molecular complexity index is 867. The second kappa shape index (κ2) is 7.02. The monoisotopic (exact) mass is 378 g/mol. The summed E-state index contributed by atoms with van der Waals surface area (Å²) in [6.07, 6.45) is -3.18. The van der Waals surface area contributed by atoms with Crippen LogP contribution in [-0.2, 0) is 0 Å². The molecule has 0 N–H and O–H groups in total. The zero-order chi connectivity index (χ0) is 18.9. The molecule has 142 valence electrons. The maximum absolute atomic E-state index is 12.2. The van der Waals surface area contributed by atoms with E-state index in [-0.39, 0.29) is 11.9 Å². The average molecular weight is 378 g/mol. The molecule has 8 heteroatoms. The number of hydrogen-bond donors (Lipinski definition) is 0. The van der Waals surface area contributed by atoms with Gasteiger partial charge in [-0.05, 0) is 36.4 Å². The van der Waals surface area contributed by atoms with E-state index in [1.165, 1.54) is 24.3 Å². The number of benzene rings is 2. The summed E-state index contributed by atoms with van der Waals surface area (Å²) in [5, 5.41) is 0. The number of para-hydroxylation sites is 2. The molecular weight excluding hydrogens is 361 g/mol. The standard InChI is InChI=1S/C19H17F3N2O3/c20-19(21,22)27-15-7-5-13(6-8-15)25-14-9-11-24(12-10-14)18-23-16-3-1-2-4-17(16)26-18/h1-8,14H,9-12H2. The van der Waals surface area contributed by atoms with E-state index in [4.69, 9.17) is 9.15 Å². The molecule has 1 saturated heterocycles. The fourth-order valence-corrected chi connectivity index (χ4v) is 3.07. The Labute approximate surface area is 153 Å². The lowest BCUT2D eigenvalue weighted by Crippen LogP contribution is -2.38. The minimum absolute atomic E-state index is 0.0139. The van der Waals surface area contributed by atoms with Crippen LogP contribution in [0.3, 0.4) is 0 Å². The Morgan fingerprint density at radius 3 is 2.30 bits per heavy atom. The number of oxazole rings is 1. The quantitative estimate of drug-likeness (QED) is 0.654. The van der Waals surface area contributed by atoms with E-state index in [1.807, 2.05) is 24.3 Å². The second-order valence-corrected chi connectivity index (χ2v) is 6.29. The number of fused-ring (bicyclic) bond motifs is 1. The van der Waals surface area contributed by atoms with Gasteiger partial charge in [0.25, 0.3) is 6.01 Å². The van der Waals surface area contributed by atoms with Crippen molar-refractivity contribution in [3.05, 3.63) is 48.5 Å². The van der Waals surface area contributed by atoms with E-state index in [9.17, 15) is 13.2 Å². The normalized spacial score (nSPS) is 15.9. The number of alkyl halides is 3. The third-order valence-electron chi connectivity index (χ3n) is 4.36. The number of hydrogen-bond acceptors (Lipinski definition) is 5. The van der Waals surface area contributed by atoms with Gasteiger partial charge in [0.05, 0.1) is 0 Å². The largest absolute Gasteiger partial charge is 0.573 e. The van der Waals surface area contributed by atoms with Crippen molar-refractivity contribution in [1.82, 2.24) is 4.98 Å². The van der Waals surface area contributed by atoms with Crippen LogP contribution < -0.4 is 14.4 Å². The summed E-state index contributed by atoms with van der Waals surface area (Å²) in [4.78, 5) is 6.57. The zero-order valence-electron chi connectivity index (χ0n) is 14.3. The second-order valence-electron chi connectivity index (χ2n) is 6.29. The molecule has 1 fully saturated rings. The highest BCUT2D eigenvalue weighted by Gasteiger charge is 2.31. The fourth-order valence-electron chi connectivity index (χ4n) is 3.07. The molecule has 4 rings (SSSR count).